The Morgan fingerprint density at radius 2 is 1.89 bits per heavy atom. The lowest BCUT2D eigenvalue weighted by Gasteiger charge is -2.33. The van der Waals surface area contributed by atoms with E-state index in [1.54, 1.807) is 0 Å². The second kappa shape index (κ2) is 6.46. The second-order valence-corrected chi connectivity index (χ2v) is 9.58. The summed E-state index contributed by atoms with van der Waals surface area (Å²) >= 11 is 0. The molecule has 0 saturated carbocycles. The first-order valence-corrected chi connectivity index (χ1v) is 11.0. The molecule has 144 valence electrons. The lowest BCUT2D eigenvalue weighted by atomic mass is 10.0. The molecule has 2 aromatic carbocycles. The summed E-state index contributed by atoms with van der Waals surface area (Å²) in [6, 6.07) is 15.0. The molecule has 3 aromatic rings. The Balaban J connectivity index is 1.56. The van der Waals surface area contributed by atoms with E-state index in [1.165, 1.54) is 0 Å². The summed E-state index contributed by atoms with van der Waals surface area (Å²) in [5.41, 5.74) is 2.23. The highest BCUT2D eigenvalue weighted by Crippen LogP contribution is 2.34. The molecule has 1 atom stereocenters. The minimum Gasteiger partial charge on any atom is -0.478 e. The zero-order valence-corrected chi connectivity index (χ0v) is 15.9. The predicted octanol–water partition coefficient (Wildman–Crippen LogP) is 2.80. The maximum atomic E-state index is 12.6. The van der Waals surface area contributed by atoms with E-state index in [4.69, 9.17) is 9.15 Å². The van der Waals surface area contributed by atoms with Gasteiger partial charge < -0.3 is 9.15 Å². The van der Waals surface area contributed by atoms with E-state index in [2.05, 4.69) is 0 Å². The fourth-order valence-corrected chi connectivity index (χ4v) is 5.79. The number of nitrogens with zero attached hydrogens (tertiary/aromatic N) is 1. The van der Waals surface area contributed by atoms with Gasteiger partial charge in [0, 0.05) is 18.0 Å². The van der Waals surface area contributed by atoms with Gasteiger partial charge in [-0.1, -0.05) is 30.3 Å². The highest BCUT2D eigenvalue weighted by Gasteiger charge is 2.35. The van der Waals surface area contributed by atoms with Gasteiger partial charge in [-0.15, -0.1) is 0 Å². The van der Waals surface area contributed by atoms with Gasteiger partial charge in [-0.25, -0.2) is 13.2 Å². The normalized spacial score (nSPS) is 21.4. The van der Waals surface area contributed by atoms with E-state index >= 15 is 0 Å². The fraction of sp³-hybridized carbons (Fsp3) is 0.286. The Kier molecular flexibility index (Phi) is 4.03. The van der Waals surface area contributed by atoms with Crippen molar-refractivity contribution in [1.29, 1.82) is 0 Å². The molecule has 1 saturated heterocycles. The zero-order chi connectivity index (χ0) is 19.3. The Morgan fingerprint density at radius 3 is 2.64 bits per heavy atom. The molecule has 2 aliphatic rings. The van der Waals surface area contributed by atoms with Gasteiger partial charge in [-0.05, 0) is 30.2 Å². The van der Waals surface area contributed by atoms with E-state index in [0.717, 1.165) is 16.5 Å². The third-order valence-electron chi connectivity index (χ3n) is 5.52. The third kappa shape index (κ3) is 3.00. The molecule has 0 N–H and O–H groups in total. The molecule has 1 aromatic heterocycles. The van der Waals surface area contributed by atoms with E-state index in [9.17, 15) is 13.2 Å². The lowest BCUT2D eigenvalue weighted by molar-refractivity contribution is 0.0649. The van der Waals surface area contributed by atoms with E-state index < -0.39 is 15.5 Å². The number of fused-ring (bicyclic) bond motifs is 3. The van der Waals surface area contributed by atoms with Crippen molar-refractivity contribution < 1.29 is 17.6 Å². The van der Waals surface area contributed by atoms with Crippen LogP contribution in [0, 0.1) is 0 Å². The van der Waals surface area contributed by atoms with E-state index in [-0.39, 0.29) is 17.5 Å². The van der Waals surface area contributed by atoms with Crippen LogP contribution in [0.4, 0.5) is 0 Å². The lowest BCUT2D eigenvalue weighted by Crippen LogP contribution is -2.41. The van der Waals surface area contributed by atoms with Crippen molar-refractivity contribution in [3.8, 4) is 16.9 Å². The average molecular weight is 397 g/mol. The minimum absolute atomic E-state index is 0.0660. The summed E-state index contributed by atoms with van der Waals surface area (Å²) in [6.45, 7) is 0.839. The highest BCUT2D eigenvalue weighted by atomic mass is 32.2. The molecule has 2 aliphatic heterocycles. The Labute approximate surface area is 162 Å². The number of ether oxygens (including phenoxy) is 1. The summed E-state index contributed by atoms with van der Waals surface area (Å²) in [5.74, 6) is 1.05. The molecule has 5 rings (SSSR count). The number of rotatable bonds is 2. The molecular formula is C21H19NO5S. The Morgan fingerprint density at radius 1 is 1.07 bits per heavy atom. The second-order valence-electron chi connectivity index (χ2n) is 7.35. The Hall–Kier alpha value is -2.64. The van der Waals surface area contributed by atoms with Crippen LogP contribution in [0.15, 0.2) is 57.7 Å². The average Bonchev–Trinajstić information content (AvgIpc) is 3.07. The maximum absolute atomic E-state index is 12.6. The molecule has 0 amide bonds. The first-order chi connectivity index (χ1) is 13.5. The largest absolute Gasteiger partial charge is 0.478 e. The van der Waals surface area contributed by atoms with Crippen molar-refractivity contribution in [2.45, 2.75) is 19.0 Å². The molecule has 1 unspecified atom stereocenters. The van der Waals surface area contributed by atoms with Crippen molar-refractivity contribution in [1.82, 2.24) is 4.90 Å². The van der Waals surface area contributed by atoms with Crippen LogP contribution in [0.25, 0.3) is 22.1 Å². The molecule has 0 radical (unpaired) electrons. The Bertz CT molecular complexity index is 1220. The van der Waals surface area contributed by atoms with Crippen LogP contribution in [0.1, 0.15) is 12.0 Å². The van der Waals surface area contributed by atoms with Crippen LogP contribution in [-0.4, -0.2) is 37.6 Å². The van der Waals surface area contributed by atoms with Crippen LogP contribution < -0.4 is 10.4 Å². The minimum atomic E-state index is -2.98. The van der Waals surface area contributed by atoms with Crippen LogP contribution in [0.2, 0.25) is 0 Å². The van der Waals surface area contributed by atoms with Gasteiger partial charge in [0.25, 0.3) is 0 Å². The first-order valence-electron chi connectivity index (χ1n) is 9.23. The molecule has 0 bridgehead atoms. The smallest absolute Gasteiger partial charge is 0.344 e. The van der Waals surface area contributed by atoms with Crippen molar-refractivity contribution in [3.63, 3.8) is 0 Å². The van der Waals surface area contributed by atoms with Gasteiger partial charge in [-0.2, -0.15) is 0 Å². The van der Waals surface area contributed by atoms with Gasteiger partial charge in [0.15, 0.2) is 9.84 Å². The number of hydrogen-bond donors (Lipinski definition) is 0. The van der Waals surface area contributed by atoms with Crippen LogP contribution in [0.3, 0.4) is 0 Å². The predicted molar refractivity (Wildman–Crippen MR) is 106 cm³/mol. The molecule has 0 aliphatic carbocycles. The quantitative estimate of drug-likeness (QED) is 0.619. The van der Waals surface area contributed by atoms with Gasteiger partial charge in [-0.3, -0.25) is 4.90 Å². The summed E-state index contributed by atoms with van der Waals surface area (Å²) in [5, 5.41) is 0.821. The molecule has 6 nitrogen and oxygen atoms in total. The molecule has 28 heavy (non-hydrogen) atoms. The molecular weight excluding hydrogens is 378 g/mol. The summed E-state index contributed by atoms with van der Waals surface area (Å²) in [6.07, 6.45) is 0.605. The molecule has 1 fully saturated rings. The van der Waals surface area contributed by atoms with Crippen molar-refractivity contribution in [2.75, 3.05) is 18.2 Å². The number of benzene rings is 2. The third-order valence-corrected chi connectivity index (χ3v) is 7.27. The zero-order valence-electron chi connectivity index (χ0n) is 15.1. The standard InChI is InChI=1S/C21H19NO5S/c23-21-17(14-4-2-1-3-5-14)10-15-6-7-19-18(20(15)27-21)11-22(13-26-19)16-8-9-28(24,25)12-16/h1-7,10,16H,8-9,11-13H2. The summed E-state index contributed by atoms with van der Waals surface area (Å²) in [4.78, 5) is 14.7. The first kappa shape index (κ1) is 17.5. The maximum Gasteiger partial charge on any atom is 0.344 e. The number of hydrogen-bond acceptors (Lipinski definition) is 6. The van der Waals surface area contributed by atoms with E-state index in [0.29, 0.717) is 36.6 Å². The van der Waals surface area contributed by atoms with E-state index in [1.807, 2.05) is 53.4 Å². The van der Waals surface area contributed by atoms with Gasteiger partial charge in [0.05, 0.1) is 22.6 Å². The van der Waals surface area contributed by atoms with Crippen molar-refractivity contribution >= 4 is 20.8 Å². The summed E-state index contributed by atoms with van der Waals surface area (Å²) in [7, 11) is -2.98. The van der Waals surface area contributed by atoms with Gasteiger partial charge >= 0.3 is 5.63 Å². The summed E-state index contributed by atoms with van der Waals surface area (Å²) < 4.78 is 35.2. The topological polar surface area (TPSA) is 76.8 Å². The molecule has 7 heteroatoms. The molecule has 3 heterocycles. The SMILES string of the molecule is O=c1oc2c3c(ccc2cc1-c1ccccc1)OCN(C1CCS(=O)(=O)C1)C3. The van der Waals surface area contributed by atoms with Gasteiger partial charge in [0.2, 0.25) is 0 Å². The van der Waals surface area contributed by atoms with Crippen molar-refractivity contribution in [2.24, 2.45) is 0 Å². The van der Waals surface area contributed by atoms with Crippen LogP contribution in [-0.2, 0) is 16.4 Å². The molecule has 0 spiro atoms. The number of sulfone groups is 1. The van der Waals surface area contributed by atoms with Gasteiger partial charge in [0.1, 0.15) is 18.1 Å². The monoisotopic (exact) mass is 397 g/mol. The van der Waals surface area contributed by atoms with Crippen LogP contribution >= 0.6 is 0 Å². The highest BCUT2D eigenvalue weighted by molar-refractivity contribution is 7.91. The van der Waals surface area contributed by atoms with Crippen LogP contribution in [0.5, 0.6) is 5.75 Å². The fourth-order valence-electron chi connectivity index (χ4n) is 4.03. The van der Waals surface area contributed by atoms with Crippen molar-refractivity contribution in [3.05, 3.63) is 64.5 Å².